The van der Waals surface area contributed by atoms with E-state index in [1.807, 2.05) is 0 Å². The van der Waals surface area contributed by atoms with E-state index in [9.17, 15) is 14.4 Å². The predicted molar refractivity (Wildman–Crippen MR) is 70.4 cm³/mol. The first-order valence-corrected chi connectivity index (χ1v) is 5.91. The number of carbonyl (C=O) groups excluding carboxylic acids is 1. The minimum atomic E-state index is -0.621. The fourth-order valence-corrected chi connectivity index (χ4v) is 1.96. The normalized spacial score (nSPS) is 10.3. The quantitative estimate of drug-likeness (QED) is 0.854. The molecule has 0 atom stereocenters. The summed E-state index contributed by atoms with van der Waals surface area (Å²) in [4.78, 5) is 37.4. The standard InChI is InChI=1S/C12H9BrN2O3/c1-7(16)10-6-14-12(18)15(11(10)17)9-4-2-3-8(13)5-9/h2-6H,1H3,(H,14,18). The van der Waals surface area contributed by atoms with Gasteiger partial charge < -0.3 is 4.98 Å². The maximum absolute atomic E-state index is 12.0. The predicted octanol–water partition coefficient (Wildman–Crippen LogP) is 1.49. The van der Waals surface area contributed by atoms with Crippen LogP contribution in [0.15, 0.2) is 44.5 Å². The zero-order valence-corrected chi connectivity index (χ0v) is 11.0. The summed E-state index contributed by atoms with van der Waals surface area (Å²) in [6, 6.07) is 6.72. The number of hydrogen-bond acceptors (Lipinski definition) is 3. The summed E-state index contributed by atoms with van der Waals surface area (Å²) in [6.07, 6.45) is 1.14. The molecule has 0 amide bonds. The molecule has 2 rings (SSSR count). The molecule has 0 fully saturated rings. The third-order valence-corrected chi connectivity index (χ3v) is 2.92. The van der Waals surface area contributed by atoms with Crippen LogP contribution in [0.1, 0.15) is 17.3 Å². The number of nitrogens with one attached hydrogen (secondary N) is 1. The molecule has 1 aromatic heterocycles. The van der Waals surface area contributed by atoms with Crippen LogP contribution in [0.5, 0.6) is 0 Å². The molecule has 5 nitrogen and oxygen atoms in total. The molecule has 0 aliphatic rings. The van der Waals surface area contributed by atoms with Gasteiger partial charge in [0.05, 0.1) is 11.3 Å². The lowest BCUT2D eigenvalue weighted by Gasteiger charge is -2.05. The molecule has 0 bridgehead atoms. The summed E-state index contributed by atoms with van der Waals surface area (Å²) >= 11 is 3.26. The van der Waals surface area contributed by atoms with Gasteiger partial charge >= 0.3 is 5.69 Å². The van der Waals surface area contributed by atoms with Crippen molar-refractivity contribution in [3.8, 4) is 5.69 Å². The number of aromatic nitrogens is 2. The van der Waals surface area contributed by atoms with Gasteiger partial charge in [-0.2, -0.15) is 0 Å². The highest BCUT2D eigenvalue weighted by atomic mass is 79.9. The number of hydrogen-bond donors (Lipinski definition) is 1. The van der Waals surface area contributed by atoms with Crippen LogP contribution in [-0.2, 0) is 0 Å². The number of ketones is 1. The number of nitrogens with zero attached hydrogens (tertiary/aromatic N) is 1. The van der Waals surface area contributed by atoms with E-state index in [1.54, 1.807) is 24.3 Å². The Kier molecular flexibility index (Phi) is 3.29. The molecule has 1 aromatic carbocycles. The zero-order chi connectivity index (χ0) is 13.3. The molecule has 0 radical (unpaired) electrons. The van der Waals surface area contributed by atoms with E-state index in [0.717, 1.165) is 15.2 Å². The van der Waals surface area contributed by atoms with Gasteiger partial charge in [-0.1, -0.05) is 22.0 Å². The zero-order valence-electron chi connectivity index (χ0n) is 9.44. The van der Waals surface area contributed by atoms with Crippen LogP contribution in [0.2, 0.25) is 0 Å². The van der Waals surface area contributed by atoms with Crippen LogP contribution in [-0.4, -0.2) is 15.3 Å². The number of halogens is 1. The minimum absolute atomic E-state index is 0.0467. The molecule has 0 spiro atoms. The van der Waals surface area contributed by atoms with E-state index >= 15 is 0 Å². The van der Waals surface area contributed by atoms with Crippen LogP contribution in [0.4, 0.5) is 0 Å². The molecule has 0 saturated carbocycles. The fourth-order valence-electron chi connectivity index (χ4n) is 1.57. The van der Waals surface area contributed by atoms with Crippen LogP contribution >= 0.6 is 15.9 Å². The number of Topliss-reactive ketones (excluding diaryl/α,β-unsaturated/α-hetero) is 1. The van der Waals surface area contributed by atoms with Gasteiger partial charge in [0.1, 0.15) is 0 Å². The van der Waals surface area contributed by atoms with Gasteiger partial charge in [0.25, 0.3) is 5.56 Å². The van der Waals surface area contributed by atoms with Crippen molar-refractivity contribution < 1.29 is 4.79 Å². The Morgan fingerprint density at radius 2 is 2.06 bits per heavy atom. The lowest BCUT2D eigenvalue weighted by molar-refractivity contribution is 0.101. The molecule has 0 saturated heterocycles. The Morgan fingerprint density at radius 3 is 2.67 bits per heavy atom. The Balaban J connectivity index is 2.79. The van der Waals surface area contributed by atoms with Crippen molar-refractivity contribution in [3.05, 3.63) is 61.3 Å². The lowest BCUT2D eigenvalue weighted by atomic mass is 10.2. The Morgan fingerprint density at radius 1 is 1.33 bits per heavy atom. The van der Waals surface area contributed by atoms with E-state index < -0.39 is 11.2 Å². The second-order valence-corrected chi connectivity index (χ2v) is 4.60. The molecule has 2 aromatic rings. The summed E-state index contributed by atoms with van der Waals surface area (Å²) in [5, 5.41) is 0. The minimum Gasteiger partial charge on any atom is -0.313 e. The monoisotopic (exact) mass is 308 g/mol. The number of carbonyl (C=O) groups is 1. The molecular formula is C12H9BrN2O3. The Bertz CT molecular complexity index is 731. The van der Waals surface area contributed by atoms with E-state index in [1.165, 1.54) is 6.92 Å². The average Bonchev–Trinajstić information content (AvgIpc) is 2.28. The molecule has 92 valence electrons. The van der Waals surface area contributed by atoms with Crippen LogP contribution < -0.4 is 11.2 Å². The van der Waals surface area contributed by atoms with Crippen molar-refractivity contribution in [2.75, 3.05) is 0 Å². The first kappa shape index (κ1) is 12.5. The smallest absolute Gasteiger partial charge is 0.313 e. The van der Waals surface area contributed by atoms with Crippen molar-refractivity contribution in [1.29, 1.82) is 0 Å². The van der Waals surface area contributed by atoms with Gasteiger partial charge in [-0.25, -0.2) is 9.36 Å². The van der Waals surface area contributed by atoms with Gasteiger partial charge in [0.2, 0.25) is 0 Å². The maximum Gasteiger partial charge on any atom is 0.333 e. The second kappa shape index (κ2) is 4.73. The average molecular weight is 309 g/mol. The highest BCUT2D eigenvalue weighted by Gasteiger charge is 2.12. The summed E-state index contributed by atoms with van der Waals surface area (Å²) in [7, 11) is 0. The molecular weight excluding hydrogens is 300 g/mol. The SMILES string of the molecule is CC(=O)c1c[nH]c(=O)n(-c2cccc(Br)c2)c1=O. The molecule has 0 unspecified atom stereocenters. The van der Waals surface area contributed by atoms with E-state index in [0.29, 0.717) is 5.69 Å². The second-order valence-electron chi connectivity index (χ2n) is 3.68. The summed E-state index contributed by atoms with van der Waals surface area (Å²) in [5.41, 5.74) is -0.847. The first-order chi connectivity index (χ1) is 8.50. The molecule has 1 heterocycles. The Hall–Kier alpha value is -1.95. The van der Waals surface area contributed by atoms with Gasteiger partial charge in [-0.05, 0) is 25.1 Å². The third kappa shape index (κ3) is 2.19. The molecule has 0 aliphatic heterocycles. The van der Waals surface area contributed by atoms with Gasteiger partial charge in [-0.15, -0.1) is 0 Å². The first-order valence-electron chi connectivity index (χ1n) is 5.12. The molecule has 6 heteroatoms. The maximum atomic E-state index is 12.0. The van der Waals surface area contributed by atoms with Crippen molar-refractivity contribution in [2.24, 2.45) is 0 Å². The summed E-state index contributed by atoms with van der Waals surface area (Å²) < 4.78 is 1.67. The van der Waals surface area contributed by atoms with Crippen molar-refractivity contribution >= 4 is 21.7 Å². The molecule has 0 aliphatic carbocycles. The number of aromatic amines is 1. The van der Waals surface area contributed by atoms with E-state index in [4.69, 9.17) is 0 Å². The van der Waals surface area contributed by atoms with Crippen LogP contribution in [0.3, 0.4) is 0 Å². The summed E-state index contributed by atoms with van der Waals surface area (Å²) in [6.45, 7) is 1.28. The molecule has 18 heavy (non-hydrogen) atoms. The van der Waals surface area contributed by atoms with Gasteiger partial charge in [-0.3, -0.25) is 9.59 Å². The summed E-state index contributed by atoms with van der Waals surface area (Å²) in [5.74, 6) is -0.389. The highest BCUT2D eigenvalue weighted by molar-refractivity contribution is 9.10. The lowest BCUT2D eigenvalue weighted by Crippen LogP contribution is -2.36. The molecule has 1 N–H and O–H groups in total. The van der Waals surface area contributed by atoms with Crippen molar-refractivity contribution in [2.45, 2.75) is 6.92 Å². The number of benzene rings is 1. The van der Waals surface area contributed by atoms with Gasteiger partial charge in [0.15, 0.2) is 5.78 Å². The fraction of sp³-hybridized carbons (Fsp3) is 0.0833. The largest absolute Gasteiger partial charge is 0.333 e. The van der Waals surface area contributed by atoms with E-state index in [2.05, 4.69) is 20.9 Å². The van der Waals surface area contributed by atoms with Crippen molar-refractivity contribution in [3.63, 3.8) is 0 Å². The topological polar surface area (TPSA) is 71.9 Å². The van der Waals surface area contributed by atoms with Crippen LogP contribution in [0, 0.1) is 0 Å². The third-order valence-electron chi connectivity index (χ3n) is 2.42. The van der Waals surface area contributed by atoms with E-state index in [-0.39, 0.29) is 11.3 Å². The van der Waals surface area contributed by atoms with Crippen molar-refractivity contribution in [1.82, 2.24) is 9.55 Å². The Labute approximate surface area is 110 Å². The highest BCUT2D eigenvalue weighted by Crippen LogP contribution is 2.12. The van der Waals surface area contributed by atoms with Crippen LogP contribution in [0.25, 0.3) is 5.69 Å². The number of H-pyrrole nitrogens is 1. The van der Waals surface area contributed by atoms with Gasteiger partial charge in [0, 0.05) is 10.7 Å². The number of rotatable bonds is 2.